The van der Waals surface area contributed by atoms with Crippen molar-refractivity contribution in [2.45, 2.75) is 107 Å². The van der Waals surface area contributed by atoms with Gasteiger partial charge >= 0.3 is 0 Å². The fourth-order valence-corrected chi connectivity index (χ4v) is 14.5. The second-order valence-electron chi connectivity index (χ2n) is 14.9. The van der Waals surface area contributed by atoms with Crippen LogP contribution in [0.1, 0.15) is 89.4 Å². The first-order chi connectivity index (χ1) is 24.1. The SMILES string of the molecule is CC(C)[Si](Oc1ccc([C@H]2Sc3cc(OCc4ccccc4)ccc3O[C@H]2c2ccc(OC[C@H](C)N3CCCC3)cc2)cc1)(C(C)C)C(C)C. The molecule has 3 atom stereocenters. The van der Waals surface area contributed by atoms with Crippen LogP contribution in [0.5, 0.6) is 23.0 Å². The van der Waals surface area contributed by atoms with Gasteiger partial charge in [-0.25, -0.2) is 0 Å². The third-order valence-electron chi connectivity index (χ3n) is 10.6. The number of benzene rings is 4. The maximum Gasteiger partial charge on any atom is 0.258 e. The number of fused-ring (bicyclic) bond motifs is 1. The first kappa shape index (κ1) is 36.4. The summed E-state index contributed by atoms with van der Waals surface area (Å²) in [5.74, 6) is 3.59. The molecule has 2 aliphatic heterocycles. The number of likely N-dealkylation sites (tertiary alicyclic amines) is 1. The molecule has 0 bridgehead atoms. The molecule has 0 saturated carbocycles. The lowest BCUT2D eigenvalue weighted by Crippen LogP contribution is -2.50. The van der Waals surface area contributed by atoms with Gasteiger partial charge in [0.15, 0.2) is 0 Å². The Hall–Kier alpha value is -3.39. The summed E-state index contributed by atoms with van der Waals surface area (Å²) in [5, 5.41) is 0.0326. The Bertz CT molecular complexity index is 1630. The molecule has 0 radical (unpaired) electrons. The molecule has 266 valence electrons. The number of nitrogens with zero attached hydrogens (tertiary/aromatic N) is 1. The molecule has 0 amide bonds. The molecule has 6 rings (SSSR count). The summed E-state index contributed by atoms with van der Waals surface area (Å²) in [6, 6.07) is 34.2. The van der Waals surface area contributed by atoms with E-state index >= 15 is 0 Å². The Morgan fingerprint density at radius 2 is 1.30 bits per heavy atom. The zero-order valence-electron chi connectivity index (χ0n) is 30.9. The summed E-state index contributed by atoms with van der Waals surface area (Å²) in [7, 11) is -2.06. The van der Waals surface area contributed by atoms with Gasteiger partial charge in [-0.05, 0) is 109 Å². The van der Waals surface area contributed by atoms with Gasteiger partial charge in [-0.3, -0.25) is 4.90 Å². The number of ether oxygens (including phenoxy) is 3. The maximum atomic E-state index is 7.03. The van der Waals surface area contributed by atoms with Gasteiger partial charge in [0, 0.05) is 6.04 Å². The predicted molar refractivity (Wildman–Crippen MR) is 210 cm³/mol. The Kier molecular flexibility index (Phi) is 11.9. The molecule has 2 aliphatic rings. The van der Waals surface area contributed by atoms with E-state index in [1.165, 1.54) is 31.5 Å². The Morgan fingerprint density at radius 1 is 0.700 bits per heavy atom. The number of rotatable bonds is 14. The second kappa shape index (κ2) is 16.3. The van der Waals surface area contributed by atoms with Gasteiger partial charge in [-0.15, -0.1) is 11.8 Å². The highest BCUT2D eigenvalue weighted by molar-refractivity contribution is 7.99. The predicted octanol–water partition coefficient (Wildman–Crippen LogP) is 11.7. The van der Waals surface area contributed by atoms with Gasteiger partial charge < -0.3 is 18.6 Å². The van der Waals surface area contributed by atoms with E-state index in [9.17, 15) is 0 Å². The van der Waals surface area contributed by atoms with Gasteiger partial charge in [0.25, 0.3) is 8.32 Å². The summed E-state index contributed by atoms with van der Waals surface area (Å²) in [6.45, 7) is 19.8. The molecule has 4 aromatic carbocycles. The molecule has 0 spiro atoms. The maximum absolute atomic E-state index is 7.03. The molecule has 0 unspecified atom stereocenters. The average molecular weight is 710 g/mol. The molecule has 4 aromatic rings. The van der Waals surface area contributed by atoms with Crippen molar-refractivity contribution in [1.29, 1.82) is 0 Å². The third-order valence-corrected chi connectivity index (χ3v) is 18.0. The van der Waals surface area contributed by atoms with Crippen LogP contribution in [0.4, 0.5) is 0 Å². The Balaban J connectivity index is 1.24. The second-order valence-corrected chi connectivity index (χ2v) is 21.5. The van der Waals surface area contributed by atoms with E-state index in [2.05, 4.69) is 120 Å². The van der Waals surface area contributed by atoms with Gasteiger partial charge in [0.1, 0.15) is 42.3 Å². The van der Waals surface area contributed by atoms with Gasteiger partial charge in [0.05, 0.1) is 10.1 Å². The van der Waals surface area contributed by atoms with Crippen molar-refractivity contribution in [3.05, 3.63) is 114 Å². The van der Waals surface area contributed by atoms with Gasteiger partial charge in [0.2, 0.25) is 0 Å². The first-order valence-corrected chi connectivity index (χ1v) is 21.6. The smallest absolute Gasteiger partial charge is 0.258 e. The first-order valence-electron chi connectivity index (χ1n) is 18.5. The monoisotopic (exact) mass is 709 g/mol. The van der Waals surface area contributed by atoms with Gasteiger partial charge in [-0.1, -0.05) is 96.1 Å². The van der Waals surface area contributed by atoms with E-state index in [1.54, 1.807) is 0 Å². The average Bonchev–Trinajstić information content (AvgIpc) is 3.67. The van der Waals surface area contributed by atoms with Crippen LogP contribution in [0.15, 0.2) is 102 Å². The van der Waals surface area contributed by atoms with E-state index < -0.39 is 8.32 Å². The third kappa shape index (κ3) is 8.22. The highest BCUT2D eigenvalue weighted by atomic mass is 32.2. The van der Waals surface area contributed by atoms with Crippen LogP contribution >= 0.6 is 11.8 Å². The van der Waals surface area contributed by atoms with Crippen molar-refractivity contribution in [2.75, 3.05) is 19.7 Å². The molecule has 0 aromatic heterocycles. The molecule has 0 aliphatic carbocycles. The van der Waals surface area contributed by atoms with Crippen molar-refractivity contribution in [3.63, 3.8) is 0 Å². The van der Waals surface area contributed by atoms with Gasteiger partial charge in [-0.2, -0.15) is 0 Å². The largest absolute Gasteiger partial charge is 0.543 e. The van der Waals surface area contributed by atoms with E-state index in [0.717, 1.165) is 39.0 Å². The topological polar surface area (TPSA) is 40.2 Å². The number of thioether (sulfide) groups is 1. The zero-order chi connectivity index (χ0) is 35.3. The summed E-state index contributed by atoms with van der Waals surface area (Å²) >= 11 is 1.84. The van der Waals surface area contributed by atoms with Crippen LogP contribution < -0.4 is 18.6 Å². The van der Waals surface area contributed by atoms with Crippen LogP contribution in [0, 0.1) is 0 Å². The molecule has 1 fully saturated rings. The summed E-state index contributed by atoms with van der Waals surface area (Å²) in [5.41, 5.74) is 5.02. The summed E-state index contributed by atoms with van der Waals surface area (Å²) in [4.78, 5) is 3.60. The quantitative estimate of drug-likeness (QED) is 0.121. The van der Waals surface area contributed by atoms with E-state index in [1.807, 2.05) is 42.1 Å². The molecule has 50 heavy (non-hydrogen) atoms. The number of hydrogen-bond acceptors (Lipinski definition) is 6. The van der Waals surface area contributed by atoms with Crippen LogP contribution in [0.25, 0.3) is 0 Å². The standard InChI is InChI=1S/C43H55NO4SSi/c1-30(2)50(31(3)4,32(5)6)48-38-21-17-36(18-22-38)43-42(35-15-19-37(20-16-35)45-28-33(7)44-25-11-12-26-44)47-40-24-23-39(27-41(40)49-43)46-29-34-13-9-8-10-14-34/h8-10,13-24,27,30-33,42-43H,11-12,25-26,28-29H2,1-7H3/t33-,42-,43+/m0/s1. The van der Waals surface area contributed by atoms with Crippen molar-refractivity contribution in [1.82, 2.24) is 4.90 Å². The van der Waals surface area contributed by atoms with Crippen LogP contribution in [-0.2, 0) is 6.61 Å². The fourth-order valence-electron chi connectivity index (χ4n) is 7.93. The molecule has 2 heterocycles. The Labute approximate surface area is 305 Å². The highest BCUT2D eigenvalue weighted by Gasteiger charge is 2.47. The zero-order valence-corrected chi connectivity index (χ0v) is 32.7. The summed E-state index contributed by atoms with van der Waals surface area (Å²) < 4.78 is 26.4. The molecule has 1 saturated heterocycles. The molecule has 5 nitrogen and oxygen atoms in total. The normalized spacial score (nSPS) is 18.6. The minimum absolute atomic E-state index is 0.0326. The van der Waals surface area contributed by atoms with Crippen LogP contribution in [0.3, 0.4) is 0 Å². The Morgan fingerprint density at radius 3 is 1.94 bits per heavy atom. The lowest BCUT2D eigenvalue weighted by atomic mass is 10.00. The summed E-state index contributed by atoms with van der Waals surface area (Å²) in [6.07, 6.45) is 2.40. The van der Waals surface area contributed by atoms with E-state index in [4.69, 9.17) is 18.6 Å². The molecular formula is C43H55NO4SSi. The molecule has 7 heteroatoms. The lowest BCUT2D eigenvalue weighted by molar-refractivity contribution is 0.172. The number of hydrogen-bond donors (Lipinski definition) is 0. The highest BCUT2D eigenvalue weighted by Crippen LogP contribution is 2.54. The van der Waals surface area contributed by atoms with Crippen molar-refractivity contribution in [2.24, 2.45) is 0 Å². The van der Waals surface area contributed by atoms with Crippen molar-refractivity contribution in [3.8, 4) is 23.0 Å². The van der Waals surface area contributed by atoms with Crippen LogP contribution in [0.2, 0.25) is 16.6 Å². The minimum atomic E-state index is -2.06. The lowest BCUT2D eigenvalue weighted by Gasteiger charge is -2.42. The van der Waals surface area contributed by atoms with Crippen molar-refractivity contribution >= 4 is 20.1 Å². The fraction of sp³-hybridized carbons (Fsp3) is 0.442. The molecular weight excluding hydrogens is 655 g/mol. The van der Waals surface area contributed by atoms with Crippen LogP contribution in [-0.4, -0.2) is 39.0 Å². The van der Waals surface area contributed by atoms with Crippen molar-refractivity contribution < 1.29 is 18.6 Å². The minimum Gasteiger partial charge on any atom is -0.543 e. The van der Waals surface area contributed by atoms with E-state index in [0.29, 0.717) is 35.9 Å². The van der Waals surface area contributed by atoms with E-state index in [-0.39, 0.29) is 11.4 Å². The molecule has 0 N–H and O–H groups in total.